The lowest BCUT2D eigenvalue weighted by molar-refractivity contribution is 0.0170. The molecule has 0 amide bonds. The number of aliphatic imine (C=N–C) groups is 1. The molecule has 0 aliphatic carbocycles. The molecule has 0 radical (unpaired) electrons. The maximum Gasteiger partial charge on any atom is 0.191 e. The molecule has 3 N–H and O–H groups in total. The number of morpholine rings is 1. The number of rotatable bonds is 11. The molecule has 30 heavy (non-hydrogen) atoms. The van der Waals surface area contributed by atoms with E-state index < -0.39 is 0 Å². The van der Waals surface area contributed by atoms with Gasteiger partial charge >= 0.3 is 0 Å². The number of ether oxygens (including phenoxy) is 1. The van der Waals surface area contributed by atoms with Crippen molar-refractivity contribution < 1.29 is 9.84 Å². The molecule has 172 valence electrons. The molecule has 2 unspecified atom stereocenters. The minimum absolute atomic E-state index is 0. The van der Waals surface area contributed by atoms with Gasteiger partial charge < -0.3 is 20.5 Å². The fourth-order valence-electron chi connectivity index (χ4n) is 3.71. The molecular formula is C22H38ClIN4O2. The Hall–Kier alpha value is -0.610. The largest absolute Gasteiger partial charge is 0.396 e. The zero-order valence-electron chi connectivity index (χ0n) is 18.3. The maximum atomic E-state index is 9.29. The van der Waals surface area contributed by atoms with Gasteiger partial charge in [0.2, 0.25) is 0 Å². The van der Waals surface area contributed by atoms with Crippen LogP contribution in [0.1, 0.15) is 44.7 Å². The van der Waals surface area contributed by atoms with Crippen LogP contribution in [0.15, 0.2) is 29.3 Å². The van der Waals surface area contributed by atoms with Crippen molar-refractivity contribution in [1.82, 2.24) is 15.5 Å². The first-order valence-corrected chi connectivity index (χ1v) is 11.3. The van der Waals surface area contributed by atoms with Crippen molar-refractivity contribution in [3.8, 4) is 0 Å². The molecule has 8 heteroatoms. The number of nitrogens with zero attached hydrogens (tertiary/aromatic N) is 2. The summed E-state index contributed by atoms with van der Waals surface area (Å²) in [6.07, 6.45) is 3.00. The van der Waals surface area contributed by atoms with Crippen LogP contribution in [0.4, 0.5) is 0 Å². The van der Waals surface area contributed by atoms with Crippen molar-refractivity contribution in [3.63, 3.8) is 0 Å². The van der Waals surface area contributed by atoms with Crippen LogP contribution in [0, 0.1) is 5.92 Å². The molecule has 1 aromatic rings. The van der Waals surface area contributed by atoms with Gasteiger partial charge in [0.25, 0.3) is 0 Å². The van der Waals surface area contributed by atoms with E-state index in [1.54, 1.807) is 0 Å². The van der Waals surface area contributed by atoms with Crippen molar-refractivity contribution in [2.75, 3.05) is 52.5 Å². The van der Waals surface area contributed by atoms with E-state index in [0.717, 1.165) is 76.2 Å². The van der Waals surface area contributed by atoms with Gasteiger partial charge in [0.05, 0.1) is 19.3 Å². The number of hydrogen-bond donors (Lipinski definition) is 3. The van der Waals surface area contributed by atoms with Gasteiger partial charge in [0, 0.05) is 44.4 Å². The highest BCUT2D eigenvalue weighted by atomic mass is 127. The van der Waals surface area contributed by atoms with E-state index in [0.29, 0.717) is 5.92 Å². The topological polar surface area (TPSA) is 69.1 Å². The Morgan fingerprint density at radius 1 is 1.17 bits per heavy atom. The molecule has 0 bridgehead atoms. The van der Waals surface area contributed by atoms with Crippen LogP contribution in [0.3, 0.4) is 0 Å². The number of hydrogen-bond acceptors (Lipinski definition) is 4. The Balaban J connectivity index is 0.00000450. The normalized spacial score (nSPS) is 17.1. The van der Waals surface area contributed by atoms with Gasteiger partial charge in [-0.2, -0.15) is 0 Å². The zero-order chi connectivity index (χ0) is 20.9. The number of guanidine groups is 1. The number of nitrogens with one attached hydrogen (secondary N) is 2. The van der Waals surface area contributed by atoms with E-state index in [1.165, 1.54) is 5.56 Å². The number of aliphatic hydroxyl groups is 1. The smallest absolute Gasteiger partial charge is 0.191 e. The third kappa shape index (κ3) is 9.68. The van der Waals surface area contributed by atoms with Crippen LogP contribution in [0.25, 0.3) is 0 Å². The van der Waals surface area contributed by atoms with Crippen LogP contribution in [-0.4, -0.2) is 68.5 Å². The van der Waals surface area contributed by atoms with E-state index >= 15 is 0 Å². The molecule has 1 aliphatic heterocycles. The zero-order valence-corrected chi connectivity index (χ0v) is 21.4. The summed E-state index contributed by atoms with van der Waals surface area (Å²) in [6, 6.07) is 8.34. The summed E-state index contributed by atoms with van der Waals surface area (Å²) in [7, 11) is 0. The molecular weight excluding hydrogens is 515 g/mol. The average molecular weight is 553 g/mol. The van der Waals surface area contributed by atoms with Gasteiger partial charge in [-0.15, -0.1) is 24.0 Å². The van der Waals surface area contributed by atoms with Crippen LogP contribution in [-0.2, 0) is 4.74 Å². The summed E-state index contributed by atoms with van der Waals surface area (Å²) >= 11 is 6.10. The van der Waals surface area contributed by atoms with Crippen molar-refractivity contribution in [2.45, 2.75) is 39.2 Å². The Bertz CT molecular complexity index is 591. The minimum atomic E-state index is 0. The quantitative estimate of drug-likeness (QED) is 0.222. The Kier molecular flexibility index (Phi) is 14.7. The molecule has 0 aromatic heterocycles. The van der Waals surface area contributed by atoms with Gasteiger partial charge in [-0.3, -0.25) is 9.89 Å². The van der Waals surface area contributed by atoms with E-state index in [4.69, 9.17) is 21.3 Å². The highest BCUT2D eigenvalue weighted by molar-refractivity contribution is 14.0. The molecule has 1 aromatic carbocycles. The van der Waals surface area contributed by atoms with Gasteiger partial charge in [0.1, 0.15) is 0 Å². The van der Waals surface area contributed by atoms with E-state index in [2.05, 4.69) is 41.5 Å². The highest BCUT2D eigenvalue weighted by Crippen LogP contribution is 2.23. The number of aliphatic hydroxyl groups excluding tert-OH is 1. The van der Waals surface area contributed by atoms with Gasteiger partial charge in [0.15, 0.2) is 5.96 Å². The van der Waals surface area contributed by atoms with E-state index in [9.17, 15) is 5.11 Å². The molecule has 1 heterocycles. The Morgan fingerprint density at radius 2 is 1.87 bits per heavy atom. The summed E-state index contributed by atoms with van der Waals surface area (Å²) in [5.74, 6) is 1.26. The van der Waals surface area contributed by atoms with Crippen molar-refractivity contribution in [1.29, 1.82) is 0 Å². The molecule has 0 spiro atoms. The van der Waals surface area contributed by atoms with E-state index in [-0.39, 0.29) is 36.6 Å². The van der Waals surface area contributed by atoms with Crippen LogP contribution < -0.4 is 10.6 Å². The summed E-state index contributed by atoms with van der Waals surface area (Å²) in [6.45, 7) is 10.1. The van der Waals surface area contributed by atoms with Gasteiger partial charge in [-0.1, -0.05) is 37.1 Å². The lowest BCUT2D eigenvalue weighted by Crippen LogP contribution is -2.46. The number of halogens is 2. The Morgan fingerprint density at radius 3 is 2.47 bits per heavy atom. The van der Waals surface area contributed by atoms with Crippen molar-refractivity contribution >= 4 is 41.5 Å². The van der Waals surface area contributed by atoms with Crippen LogP contribution in [0.5, 0.6) is 0 Å². The van der Waals surface area contributed by atoms with Gasteiger partial charge in [-0.25, -0.2) is 0 Å². The fraction of sp³-hybridized carbons (Fsp3) is 0.682. The second-order valence-electron chi connectivity index (χ2n) is 7.48. The van der Waals surface area contributed by atoms with Crippen LogP contribution >= 0.6 is 35.6 Å². The Labute approximate surface area is 203 Å². The van der Waals surface area contributed by atoms with Crippen LogP contribution in [0.2, 0.25) is 5.02 Å². The molecule has 1 fully saturated rings. The SMILES string of the molecule is CCCC(CCO)CN=C(NCC)NCC(c1ccc(Cl)cc1)N1CCOCC1.I. The second-order valence-corrected chi connectivity index (χ2v) is 7.92. The molecule has 0 saturated carbocycles. The van der Waals surface area contributed by atoms with E-state index in [1.807, 2.05) is 12.1 Å². The third-order valence-corrected chi connectivity index (χ3v) is 5.54. The first-order valence-electron chi connectivity index (χ1n) is 10.9. The molecule has 1 aliphatic rings. The predicted octanol–water partition coefficient (Wildman–Crippen LogP) is 3.69. The standard InChI is InChI=1S/C22H37ClN4O2.HI/c1-3-5-18(10-13-28)16-25-22(24-4-2)26-17-21(27-11-14-29-15-12-27)19-6-8-20(23)9-7-19;/h6-9,18,21,28H,3-5,10-17H2,1-2H3,(H2,24,25,26);1H. The summed E-state index contributed by atoms with van der Waals surface area (Å²) in [5, 5.41) is 16.9. The predicted molar refractivity (Wildman–Crippen MR) is 136 cm³/mol. The maximum absolute atomic E-state index is 9.29. The first kappa shape index (κ1) is 27.4. The molecule has 2 atom stereocenters. The lowest BCUT2D eigenvalue weighted by atomic mass is 10.0. The minimum Gasteiger partial charge on any atom is -0.396 e. The highest BCUT2D eigenvalue weighted by Gasteiger charge is 2.23. The third-order valence-electron chi connectivity index (χ3n) is 5.29. The summed E-state index contributed by atoms with van der Waals surface area (Å²) in [4.78, 5) is 7.25. The fourth-order valence-corrected chi connectivity index (χ4v) is 3.83. The van der Waals surface area contributed by atoms with Gasteiger partial charge in [-0.05, 0) is 43.4 Å². The lowest BCUT2D eigenvalue weighted by Gasteiger charge is -2.35. The number of benzene rings is 1. The molecule has 6 nitrogen and oxygen atoms in total. The second kappa shape index (κ2) is 16.1. The summed E-state index contributed by atoms with van der Waals surface area (Å²) < 4.78 is 5.54. The monoisotopic (exact) mass is 552 g/mol. The first-order chi connectivity index (χ1) is 14.2. The van der Waals surface area contributed by atoms with Crippen molar-refractivity contribution in [2.24, 2.45) is 10.9 Å². The van der Waals surface area contributed by atoms with Crippen molar-refractivity contribution in [3.05, 3.63) is 34.9 Å². The molecule has 2 rings (SSSR count). The molecule has 1 saturated heterocycles. The summed E-state index contributed by atoms with van der Waals surface area (Å²) in [5.41, 5.74) is 1.24. The average Bonchev–Trinajstić information content (AvgIpc) is 2.74.